The summed E-state index contributed by atoms with van der Waals surface area (Å²) in [7, 11) is 0. The molecule has 4 rings (SSSR count). The predicted molar refractivity (Wildman–Crippen MR) is 122 cm³/mol. The van der Waals surface area contributed by atoms with Crippen LogP contribution >= 0.6 is 0 Å². The second-order valence-corrected chi connectivity index (χ2v) is 8.65. The lowest BCUT2D eigenvalue weighted by atomic mass is 9.76. The Balaban J connectivity index is 1.42. The number of halogens is 2. The number of aromatic nitrogens is 2. The van der Waals surface area contributed by atoms with Crippen LogP contribution in [-0.4, -0.2) is 33.2 Å². The maximum absolute atomic E-state index is 13.4. The highest BCUT2D eigenvalue weighted by Gasteiger charge is 2.39. The summed E-state index contributed by atoms with van der Waals surface area (Å²) in [5, 5.41) is 22.5. The minimum Gasteiger partial charge on any atom is -0.378 e. The summed E-state index contributed by atoms with van der Waals surface area (Å²) in [6, 6.07) is 13.3. The minimum atomic E-state index is -1.83. The quantitative estimate of drug-likeness (QED) is 0.424. The summed E-state index contributed by atoms with van der Waals surface area (Å²) in [6.45, 7) is 1.44. The van der Waals surface area contributed by atoms with Crippen LogP contribution in [0.1, 0.15) is 55.5 Å². The Hall–Kier alpha value is -3.59. The predicted octanol–water partition coefficient (Wildman–Crippen LogP) is 3.72. The van der Waals surface area contributed by atoms with E-state index in [1.165, 1.54) is 12.5 Å². The van der Waals surface area contributed by atoms with Gasteiger partial charge in [-0.1, -0.05) is 43.2 Å². The molecule has 0 bridgehead atoms. The highest BCUT2D eigenvalue weighted by molar-refractivity contribution is 5.97. The van der Waals surface area contributed by atoms with E-state index in [-0.39, 0.29) is 11.0 Å². The molecule has 178 valence electrons. The average molecular weight is 469 g/mol. The van der Waals surface area contributed by atoms with E-state index in [0.29, 0.717) is 11.9 Å². The number of rotatable bonds is 7. The van der Waals surface area contributed by atoms with E-state index in [1.807, 2.05) is 18.2 Å². The van der Waals surface area contributed by atoms with E-state index in [4.69, 9.17) is 0 Å². The third kappa shape index (κ3) is 4.84. The Bertz CT molecular complexity index is 1160. The summed E-state index contributed by atoms with van der Waals surface area (Å²) in [4.78, 5) is 24.9. The van der Waals surface area contributed by atoms with E-state index in [0.717, 1.165) is 43.5 Å². The second-order valence-electron chi connectivity index (χ2n) is 8.65. The smallest absolute Gasteiger partial charge is 0.254 e. The molecular weight excluding hydrogens is 442 g/mol. The molecule has 34 heavy (non-hydrogen) atoms. The van der Waals surface area contributed by atoms with Crippen molar-refractivity contribution >= 4 is 17.6 Å². The van der Waals surface area contributed by atoms with Crippen molar-refractivity contribution in [1.82, 2.24) is 15.5 Å². The van der Waals surface area contributed by atoms with Gasteiger partial charge in [-0.2, -0.15) is 5.10 Å². The molecule has 1 aliphatic rings. The number of amides is 2. The first kappa shape index (κ1) is 23.6. The van der Waals surface area contributed by atoms with Crippen LogP contribution in [0, 0.1) is 11.6 Å². The third-order valence-electron chi connectivity index (χ3n) is 6.31. The molecule has 9 heteroatoms. The number of hydrogen-bond donors (Lipinski definition) is 4. The Morgan fingerprint density at radius 2 is 1.68 bits per heavy atom. The first-order chi connectivity index (χ1) is 16.3. The molecule has 2 atom stereocenters. The van der Waals surface area contributed by atoms with Gasteiger partial charge in [-0.15, -0.1) is 0 Å². The van der Waals surface area contributed by atoms with Gasteiger partial charge < -0.3 is 15.7 Å². The Morgan fingerprint density at radius 3 is 2.32 bits per heavy atom. The topological polar surface area (TPSA) is 107 Å². The van der Waals surface area contributed by atoms with Gasteiger partial charge in [0.15, 0.2) is 6.10 Å². The molecule has 1 fully saturated rings. The van der Waals surface area contributed by atoms with Crippen LogP contribution in [0.15, 0.2) is 54.6 Å². The molecule has 3 aromatic rings. The van der Waals surface area contributed by atoms with Gasteiger partial charge in [0.25, 0.3) is 5.91 Å². The average Bonchev–Trinajstić information content (AvgIpc) is 3.49. The third-order valence-corrected chi connectivity index (χ3v) is 6.31. The number of anilines is 1. The van der Waals surface area contributed by atoms with Crippen molar-refractivity contribution in [3.05, 3.63) is 83.1 Å². The molecule has 1 aliphatic carbocycles. The number of carbonyl (C=O) groups is 2. The van der Waals surface area contributed by atoms with Crippen molar-refractivity contribution in [2.75, 3.05) is 5.32 Å². The molecule has 2 amide bonds. The SMILES string of the molecule is C[C@H](NC(=O)[C@@H](O)c1cc(F)cc(F)c1)C(=O)Nc1cc(C2(c3ccccc3)CCCC2)n[nH]1. The molecule has 0 spiro atoms. The zero-order chi connectivity index (χ0) is 24.3. The number of H-pyrrole nitrogens is 1. The van der Waals surface area contributed by atoms with Crippen LogP contribution in [-0.2, 0) is 15.0 Å². The molecule has 2 aromatic carbocycles. The van der Waals surface area contributed by atoms with Gasteiger partial charge in [-0.3, -0.25) is 14.7 Å². The maximum Gasteiger partial charge on any atom is 0.254 e. The zero-order valence-corrected chi connectivity index (χ0v) is 18.6. The van der Waals surface area contributed by atoms with Gasteiger partial charge in [-0.25, -0.2) is 8.78 Å². The van der Waals surface area contributed by atoms with Crippen LogP contribution in [0.25, 0.3) is 0 Å². The first-order valence-corrected chi connectivity index (χ1v) is 11.2. The highest BCUT2D eigenvalue weighted by Crippen LogP contribution is 2.46. The molecule has 1 heterocycles. The molecule has 0 saturated heterocycles. The van der Waals surface area contributed by atoms with Crippen LogP contribution < -0.4 is 10.6 Å². The van der Waals surface area contributed by atoms with Crippen molar-refractivity contribution < 1.29 is 23.5 Å². The molecule has 0 unspecified atom stereocenters. The molecule has 4 N–H and O–H groups in total. The maximum atomic E-state index is 13.4. The van der Waals surface area contributed by atoms with Gasteiger partial charge >= 0.3 is 0 Å². The second kappa shape index (κ2) is 9.72. The lowest BCUT2D eigenvalue weighted by molar-refractivity contribution is -0.132. The van der Waals surface area contributed by atoms with Crippen LogP contribution in [0.3, 0.4) is 0 Å². The molecular formula is C25H26F2N4O3. The summed E-state index contributed by atoms with van der Waals surface area (Å²) >= 11 is 0. The molecule has 0 radical (unpaired) electrons. The molecule has 1 saturated carbocycles. The minimum absolute atomic E-state index is 0.217. The van der Waals surface area contributed by atoms with Gasteiger partial charge in [0, 0.05) is 17.5 Å². The fourth-order valence-electron chi connectivity index (χ4n) is 4.54. The summed E-state index contributed by atoms with van der Waals surface area (Å²) in [6.07, 6.45) is 2.27. The number of hydrogen-bond acceptors (Lipinski definition) is 4. The number of aliphatic hydroxyl groups excluding tert-OH is 1. The van der Waals surface area contributed by atoms with Gasteiger partial charge in [0.05, 0.1) is 5.69 Å². The fourth-order valence-corrected chi connectivity index (χ4v) is 4.54. The van der Waals surface area contributed by atoms with Gasteiger partial charge in [0.1, 0.15) is 23.5 Å². The summed E-state index contributed by atoms with van der Waals surface area (Å²) in [5.41, 5.74) is 1.56. The molecule has 1 aromatic heterocycles. The van der Waals surface area contributed by atoms with Crippen molar-refractivity contribution in [2.24, 2.45) is 0 Å². The van der Waals surface area contributed by atoms with Crippen molar-refractivity contribution in [2.45, 2.75) is 50.2 Å². The lowest BCUT2D eigenvalue weighted by Gasteiger charge is -2.27. The number of aromatic amines is 1. The highest BCUT2D eigenvalue weighted by atomic mass is 19.1. The number of nitrogens with one attached hydrogen (secondary N) is 3. The molecule has 7 nitrogen and oxygen atoms in total. The van der Waals surface area contributed by atoms with E-state index in [9.17, 15) is 23.5 Å². The van der Waals surface area contributed by atoms with Crippen molar-refractivity contribution in [3.63, 3.8) is 0 Å². The Labute approximate surface area is 195 Å². The summed E-state index contributed by atoms with van der Waals surface area (Å²) in [5.74, 6) is -2.94. The van der Waals surface area contributed by atoms with E-state index in [2.05, 4.69) is 33.0 Å². The standard InChI is InChI=1S/C25H26F2N4O3/c1-15(28-24(34)22(32)16-11-18(26)13-19(27)12-16)23(33)29-21-14-20(30-31-21)25(9-5-6-10-25)17-7-3-2-4-8-17/h2-4,7-8,11-15,22,32H,5-6,9-10H2,1H3,(H,28,34)(H2,29,30,31,33)/t15-,22-/m0/s1. The van der Waals surface area contributed by atoms with Crippen LogP contribution in [0.4, 0.5) is 14.6 Å². The van der Waals surface area contributed by atoms with E-state index >= 15 is 0 Å². The largest absolute Gasteiger partial charge is 0.378 e. The van der Waals surface area contributed by atoms with Crippen molar-refractivity contribution in [1.29, 1.82) is 0 Å². The normalized spacial score (nSPS) is 16.6. The Kier molecular flexibility index (Phi) is 6.74. The van der Waals surface area contributed by atoms with Gasteiger partial charge in [-0.05, 0) is 43.0 Å². The van der Waals surface area contributed by atoms with Crippen LogP contribution in [0.5, 0.6) is 0 Å². The van der Waals surface area contributed by atoms with E-state index in [1.54, 1.807) is 6.07 Å². The van der Waals surface area contributed by atoms with Gasteiger partial charge in [0.2, 0.25) is 5.91 Å². The lowest BCUT2D eigenvalue weighted by Crippen LogP contribution is -2.43. The molecule has 0 aliphatic heterocycles. The fraction of sp³-hybridized carbons (Fsp3) is 0.320. The summed E-state index contributed by atoms with van der Waals surface area (Å²) < 4.78 is 26.8. The zero-order valence-electron chi connectivity index (χ0n) is 18.6. The Morgan fingerprint density at radius 1 is 1.03 bits per heavy atom. The number of aliphatic hydroxyl groups is 1. The van der Waals surface area contributed by atoms with E-state index < -0.39 is 35.6 Å². The number of carbonyl (C=O) groups excluding carboxylic acids is 2. The van der Waals surface area contributed by atoms with Crippen molar-refractivity contribution in [3.8, 4) is 0 Å². The first-order valence-electron chi connectivity index (χ1n) is 11.2. The number of benzene rings is 2. The monoisotopic (exact) mass is 468 g/mol. The number of nitrogens with zero attached hydrogens (tertiary/aromatic N) is 1. The van der Waals surface area contributed by atoms with Crippen LogP contribution in [0.2, 0.25) is 0 Å².